The number of phosphoric acid groups is 1. The number of alkyl carbamates (subject to hydrolysis) is 1. The molecule has 254 valence electrons. The molecule has 0 bridgehead atoms. The average molecular weight is 680 g/mol. The van der Waals surface area contributed by atoms with Gasteiger partial charge in [-0.25, -0.2) is 24.1 Å². The summed E-state index contributed by atoms with van der Waals surface area (Å²) in [6.45, 7) is 0.999. The van der Waals surface area contributed by atoms with Gasteiger partial charge in [-0.2, -0.15) is 9.97 Å². The van der Waals surface area contributed by atoms with Crippen LogP contribution in [-0.4, -0.2) is 97.9 Å². The van der Waals surface area contributed by atoms with Crippen molar-refractivity contribution in [2.24, 2.45) is 0 Å². The van der Waals surface area contributed by atoms with Crippen LogP contribution in [0.15, 0.2) is 30.5 Å². The number of ether oxygens (including phenoxy) is 1. The largest absolute Gasteiger partial charge is 0.492 e. The van der Waals surface area contributed by atoms with Gasteiger partial charge in [0.05, 0.1) is 38.2 Å². The van der Waals surface area contributed by atoms with Crippen molar-refractivity contribution in [3.05, 3.63) is 41.7 Å². The van der Waals surface area contributed by atoms with Crippen molar-refractivity contribution in [3.8, 4) is 5.88 Å². The lowest BCUT2D eigenvalue weighted by atomic mass is 10.1. The number of benzene rings is 1. The highest BCUT2D eigenvalue weighted by Gasteiger charge is 2.22. The fraction of sp³-hybridized carbons (Fsp3) is 0.385. The summed E-state index contributed by atoms with van der Waals surface area (Å²) in [5.74, 6) is -3.05. The van der Waals surface area contributed by atoms with Crippen LogP contribution in [0.1, 0.15) is 35.8 Å². The lowest BCUT2D eigenvalue weighted by Gasteiger charge is -2.15. The molecule has 0 fully saturated rings. The predicted molar refractivity (Wildman–Crippen MR) is 163 cm³/mol. The standard InChI is InChI=1S/C26H34N9O11P/c1-2-45-47(42,43)46-12-10-29-26(41)44-11-9-28-19(36)8-7-18(24(39)40)33-22(37)15-3-5-16(6-4-15)30-13-17-14-31-21-20(32-17)23(38)35-25(27)34-21/h3-6,14,18,30H,2,7-13H2,1H3,(H,28,36)(H,29,41)(H,33,37)(H,39,40)(H,42,43)(H3,27,31,34,35,38)/t18-/m0/s1. The number of amides is 3. The molecule has 0 aliphatic carbocycles. The van der Waals surface area contributed by atoms with E-state index >= 15 is 0 Å². The molecular formula is C26H34N9O11P. The van der Waals surface area contributed by atoms with Gasteiger partial charge >= 0.3 is 19.9 Å². The van der Waals surface area contributed by atoms with Crippen LogP contribution in [0.4, 0.5) is 16.4 Å². The van der Waals surface area contributed by atoms with Crippen LogP contribution < -0.4 is 27.0 Å². The SMILES string of the molecule is CCOP(=O)(O)OCCNC(=O)OCCNC(=O)CC[C@H](NC(=O)c1ccc(NCc2cnc3nc(N)nc(O)c3n2)cc1)C(=O)O. The minimum absolute atomic E-state index is 0.0245. The number of phosphoric ester groups is 1. The molecule has 47 heavy (non-hydrogen) atoms. The first-order chi connectivity index (χ1) is 22.4. The number of rotatable bonds is 18. The number of carbonyl (C=O) groups excluding carboxylic acids is 3. The van der Waals surface area contributed by atoms with Gasteiger partial charge in [0.2, 0.25) is 17.7 Å². The smallest absolute Gasteiger partial charge is 0.472 e. The highest BCUT2D eigenvalue weighted by molar-refractivity contribution is 7.47. The zero-order valence-corrected chi connectivity index (χ0v) is 25.9. The lowest BCUT2D eigenvalue weighted by molar-refractivity contribution is -0.139. The molecule has 0 saturated carbocycles. The summed E-state index contributed by atoms with van der Waals surface area (Å²) in [5, 5.41) is 29.7. The number of nitrogens with two attached hydrogens (primary N) is 1. The number of carboxylic acid groups (broad SMARTS) is 1. The van der Waals surface area contributed by atoms with Gasteiger partial charge in [0.25, 0.3) is 5.91 Å². The number of aromatic nitrogens is 4. The Morgan fingerprint density at radius 2 is 1.74 bits per heavy atom. The molecular weight excluding hydrogens is 645 g/mol. The Bertz CT molecular complexity index is 1610. The fourth-order valence-electron chi connectivity index (χ4n) is 3.73. The van der Waals surface area contributed by atoms with Crippen molar-refractivity contribution in [2.45, 2.75) is 32.4 Å². The molecule has 3 aromatic rings. The Labute approximate surface area is 267 Å². The van der Waals surface area contributed by atoms with Gasteiger partial charge in [0, 0.05) is 24.2 Å². The van der Waals surface area contributed by atoms with E-state index < -0.39 is 43.6 Å². The first kappa shape index (κ1) is 36.3. The summed E-state index contributed by atoms with van der Waals surface area (Å²) in [4.78, 5) is 73.3. The first-order valence-electron chi connectivity index (χ1n) is 14.0. The van der Waals surface area contributed by atoms with Crippen LogP contribution in [0.5, 0.6) is 5.88 Å². The summed E-state index contributed by atoms with van der Waals surface area (Å²) < 4.78 is 25.3. The van der Waals surface area contributed by atoms with Crippen molar-refractivity contribution >= 4 is 54.5 Å². The van der Waals surface area contributed by atoms with Crippen LogP contribution in [0.2, 0.25) is 0 Å². The zero-order valence-electron chi connectivity index (χ0n) is 25.0. The van der Waals surface area contributed by atoms with Crippen LogP contribution in [0.3, 0.4) is 0 Å². The molecule has 2 heterocycles. The number of fused-ring (bicyclic) bond motifs is 1. The second-order valence-electron chi connectivity index (χ2n) is 9.41. The molecule has 1 aromatic carbocycles. The third kappa shape index (κ3) is 12.3. The Kier molecular flexibility index (Phi) is 13.5. The van der Waals surface area contributed by atoms with Crippen LogP contribution >= 0.6 is 7.82 Å². The molecule has 0 saturated heterocycles. The zero-order chi connectivity index (χ0) is 34.4. The maximum atomic E-state index is 12.7. The van der Waals surface area contributed by atoms with Gasteiger partial charge in [-0.1, -0.05) is 0 Å². The van der Waals surface area contributed by atoms with Gasteiger partial charge in [-0.05, 0) is 37.6 Å². The second kappa shape index (κ2) is 17.5. The Morgan fingerprint density at radius 1 is 1.02 bits per heavy atom. The Balaban J connectivity index is 1.36. The van der Waals surface area contributed by atoms with Crippen LogP contribution in [0.25, 0.3) is 11.2 Å². The summed E-state index contributed by atoms with van der Waals surface area (Å²) in [7, 11) is -4.17. The van der Waals surface area contributed by atoms with E-state index in [0.29, 0.717) is 11.4 Å². The molecule has 0 radical (unpaired) electrons. The highest BCUT2D eigenvalue weighted by atomic mass is 31.2. The van der Waals surface area contributed by atoms with E-state index in [4.69, 9.17) is 10.5 Å². The summed E-state index contributed by atoms with van der Waals surface area (Å²) >= 11 is 0. The van der Waals surface area contributed by atoms with E-state index in [9.17, 15) is 38.8 Å². The van der Waals surface area contributed by atoms with Gasteiger partial charge in [-0.3, -0.25) is 18.6 Å². The van der Waals surface area contributed by atoms with E-state index in [2.05, 4.69) is 50.3 Å². The quantitative estimate of drug-likeness (QED) is 0.0661. The van der Waals surface area contributed by atoms with Gasteiger partial charge in [0.15, 0.2) is 11.2 Å². The van der Waals surface area contributed by atoms with Crippen LogP contribution in [-0.2, 0) is 34.5 Å². The van der Waals surface area contributed by atoms with Crippen LogP contribution in [0, 0.1) is 0 Å². The Hall–Kier alpha value is -5.17. The monoisotopic (exact) mass is 679 g/mol. The number of nitrogens with zero attached hydrogens (tertiary/aromatic N) is 4. The number of anilines is 2. The summed E-state index contributed by atoms with van der Waals surface area (Å²) in [6, 6.07) is 4.80. The number of nitrogens with one attached hydrogen (secondary N) is 4. The molecule has 2 atom stereocenters. The molecule has 9 N–H and O–H groups in total. The molecule has 3 rings (SSSR count). The third-order valence-electron chi connectivity index (χ3n) is 5.92. The predicted octanol–water partition coefficient (Wildman–Crippen LogP) is 0.279. The minimum Gasteiger partial charge on any atom is -0.492 e. The van der Waals surface area contributed by atoms with Gasteiger partial charge in [-0.15, -0.1) is 0 Å². The maximum absolute atomic E-state index is 12.7. The third-order valence-corrected chi connectivity index (χ3v) is 7.01. The fourth-order valence-corrected chi connectivity index (χ4v) is 4.45. The minimum atomic E-state index is -4.17. The van der Waals surface area contributed by atoms with E-state index in [1.807, 2.05) is 0 Å². The van der Waals surface area contributed by atoms with Crippen molar-refractivity contribution < 1.29 is 52.6 Å². The van der Waals surface area contributed by atoms with Crippen molar-refractivity contribution in [1.29, 1.82) is 0 Å². The molecule has 20 nitrogen and oxygen atoms in total. The number of carbonyl (C=O) groups is 4. The normalized spacial score (nSPS) is 12.8. The van der Waals surface area contributed by atoms with E-state index in [1.54, 1.807) is 12.1 Å². The highest BCUT2D eigenvalue weighted by Crippen LogP contribution is 2.42. The average Bonchev–Trinajstić information content (AvgIpc) is 3.02. The number of nitrogen functional groups attached to an aromatic ring is 1. The number of aromatic hydroxyl groups is 1. The molecule has 3 amide bonds. The molecule has 0 aliphatic rings. The molecule has 2 aromatic heterocycles. The maximum Gasteiger partial charge on any atom is 0.472 e. The number of aliphatic carboxylic acids is 1. The number of hydrogen-bond donors (Lipinski definition) is 8. The van der Waals surface area contributed by atoms with E-state index in [1.165, 1.54) is 25.3 Å². The molecule has 0 aliphatic heterocycles. The van der Waals surface area contributed by atoms with Crippen molar-refractivity contribution in [2.75, 3.05) is 44.0 Å². The summed E-state index contributed by atoms with van der Waals surface area (Å²) in [5.41, 5.74) is 6.98. The van der Waals surface area contributed by atoms with Gasteiger partial charge in [0.1, 0.15) is 12.6 Å². The number of carboxylic acids is 1. The molecule has 1 unspecified atom stereocenters. The lowest BCUT2D eigenvalue weighted by Crippen LogP contribution is -2.41. The molecule has 0 spiro atoms. The van der Waals surface area contributed by atoms with E-state index in [0.717, 1.165) is 0 Å². The van der Waals surface area contributed by atoms with Gasteiger partial charge < -0.3 is 46.8 Å². The Morgan fingerprint density at radius 3 is 2.45 bits per heavy atom. The number of hydrogen-bond acceptors (Lipinski definition) is 15. The topological polar surface area (TPSA) is 299 Å². The molecule has 21 heteroatoms. The second-order valence-corrected chi connectivity index (χ2v) is 10.9. The van der Waals surface area contributed by atoms with E-state index in [-0.39, 0.29) is 75.0 Å². The van der Waals surface area contributed by atoms with Crippen molar-refractivity contribution in [1.82, 2.24) is 35.9 Å². The van der Waals surface area contributed by atoms with Crippen molar-refractivity contribution in [3.63, 3.8) is 0 Å². The first-order valence-corrected chi connectivity index (χ1v) is 15.5. The summed E-state index contributed by atoms with van der Waals surface area (Å²) in [6.07, 6.45) is 0.156.